The van der Waals surface area contributed by atoms with Gasteiger partial charge in [-0.2, -0.15) is 4.57 Å². The summed E-state index contributed by atoms with van der Waals surface area (Å²) in [7, 11) is -3.75. The molecule has 31 heavy (non-hydrogen) atoms. The number of rotatable bonds is 7. The van der Waals surface area contributed by atoms with Crippen LogP contribution in [0.3, 0.4) is 0 Å². The smallest absolute Gasteiger partial charge is 0.272 e. The lowest BCUT2D eigenvalue weighted by Gasteiger charge is -2.06. The molecule has 0 radical (unpaired) electrons. The van der Waals surface area contributed by atoms with Gasteiger partial charge < -0.3 is 0 Å². The molecule has 4 aromatic rings. The average molecular weight is 457 g/mol. The van der Waals surface area contributed by atoms with Crippen molar-refractivity contribution in [2.75, 3.05) is 0 Å². The van der Waals surface area contributed by atoms with Gasteiger partial charge in [-0.25, -0.2) is 18.7 Å². The van der Waals surface area contributed by atoms with Crippen LogP contribution in [0, 0.1) is 0 Å². The molecule has 0 aliphatic carbocycles. The first-order valence-corrected chi connectivity index (χ1v) is 11.9. The Morgan fingerprint density at radius 1 is 1.10 bits per heavy atom. The van der Waals surface area contributed by atoms with Crippen LogP contribution < -0.4 is 4.57 Å². The molecule has 1 atom stereocenters. The lowest BCUT2D eigenvalue weighted by Crippen LogP contribution is -2.30. The maximum absolute atomic E-state index is 13.0. The van der Waals surface area contributed by atoms with Crippen LogP contribution in [0.5, 0.6) is 0 Å². The van der Waals surface area contributed by atoms with E-state index in [0.29, 0.717) is 21.9 Å². The second-order valence-corrected chi connectivity index (χ2v) is 9.25. The summed E-state index contributed by atoms with van der Waals surface area (Å²) in [5, 5.41) is 0.477. The Kier molecular flexibility index (Phi) is 6.31. The molecule has 0 aliphatic rings. The number of benzene rings is 2. The summed E-state index contributed by atoms with van der Waals surface area (Å²) in [6, 6.07) is 13.4. The number of aromatic nitrogens is 4. The van der Waals surface area contributed by atoms with E-state index in [4.69, 9.17) is 11.6 Å². The summed E-state index contributed by atoms with van der Waals surface area (Å²) in [6.45, 7) is 3.05. The Labute approximate surface area is 186 Å². The van der Waals surface area contributed by atoms with E-state index >= 15 is 0 Å². The molecule has 1 N–H and O–H groups in total. The van der Waals surface area contributed by atoms with Crippen LogP contribution in [0.1, 0.15) is 26.2 Å². The number of aryl methyl sites for hydroxylation is 1. The van der Waals surface area contributed by atoms with Crippen LogP contribution in [-0.2, 0) is 16.6 Å². The van der Waals surface area contributed by atoms with E-state index in [1.165, 1.54) is 12.1 Å². The third-order valence-electron chi connectivity index (χ3n) is 4.82. The van der Waals surface area contributed by atoms with Gasteiger partial charge in [0.2, 0.25) is 12.1 Å². The van der Waals surface area contributed by atoms with Crippen LogP contribution in [0.2, 0.25) is 5.02 Å². The number of halogens is 1. The van der Waals surface area contributed by atoms with Gasteiger partial charge in [0.05, 0.1) is 22.5 Å². The highest BCUT2D eigenvalue weighted by molar-refractivity contribution is 7.88. The molecule has 2 aromatic heterocycles. The second kappa shape index (κ2) is 9.13. The number of fused-ring (bicyclic) bond motifs is 1. The van der Waals surface area contributed by atoms with Gasteiger partial charge in [-0.1, -0.05) is 37.1 Å². The zero-order valence-corrected chi connectivity index (χ0v) is 18.6. The van der Waals surface area contributed by atoms with E-state index < -0.39 is 10.0 Å². The molecular weight excluding hydrogens is 434 g/mol. The molecule has 1 unspecified atom stereocenters. The third kappa shape index (κ3) is 4.92. The Balaban J connectivity index is 1.82. The largest absolute Gasteiger partial charge is 0.296 e. The Bertz CT molecular complexity index is 1330. The predicted molar refractivity (Wildman–Crippen MR) is 121 cm³/mol. The molecular formula is C22H23ClN5O2S+. The van der Waals surface area contributed by atoms with Gasteiger partial charge in [-0.3, -0.25) is 4.55 Å². The van der Waals surface area contributed by atoms with E-state index in [9.17, 15) is 8.76 Å². The highest BCUT2D eigenvalue weighted by Gasteiger charge is 2.19. The zero-order chi connectivity index (χ0) is 21.8. The normalized spacial score (nSPS) is 13.3. The quantitative estimate of drug-likeness (QED) is 0.306. The molecule has 9 heteroatoms. The lowest BCUT2D eigenvalue weighted by atomic mass is 10.2. The van der Waals surface area contributed by atoms with E-state index in [2.05, 4.69) is 25.8 Å². The highest BCUT2D eigenvalue weighted by Crippen LogP contribution is 2.26. The second-order valence-electron chi connectivity index (χ2n) is 7.17. The van der Waals surface area contributed by atoms with Gasteiger partial charge in [-0.15, -0.1) is 4.36 Å². The minimum atomic E-state index is -3.75. The third-order valence-corrected chi connectivity index (χ3v) is 6.38. The van der Waals surface area contributed by atoms with Gasteiger partial charge in [0.25, 0.3) is 5.82 Å². The van der Waals surface area contributed by atoms with Crippen LogP contribution in [0.4, 0.5) is 5.82 Å². The summed E-state index contributed by atoms with van der Waals surface area (Å²) in [6.07, 6.45) is 9.08. The fraction of sp³-hybridized carbons (Fsp3) is 0.227. The topological polar surface area (TPSA) is 84.3 Å². The first-order chi connectivity index (χ1) is 15.0. The van der Waals surface area contributed by atoms with Crippen molar-refractivity contribution in [2.24, 2.45) is 4.36 Å². The lowest BCUT2D eigenvalue weighted by molar-refractivity contribution is -0.696. The molecule has 0 fully saturated rings. The average Bonchev–Trinajstić information content (AvgIpc) is 3.22. The van der Waals surface area contributed by atoms with Crippen LogP contribution in [-0.4, -0.2) is 23.3 Å². The molecule has 0 saturated heterocycles. The van der Waals surface area contributed by atoms with Crippen molar-refractivity contribution in [1.82, 2.24) is 14.5 Å². The van der Waals surface area contributed by atoms with Crippen molar-refractivity contribution in [1.29, 1.82) is 0 Å². The molecule has 2 aromatic carbocycles. The summed E-state index contributed by atoms with van der Waals surface area (Å²) in [4.78, 5) is 9.38. The molecule has 7 nitrogen and oxygen atoms in total. The molecule has 0 saturated carbocycles. The molecule has 0 bridgehead atoms. The fourth-order valence-corrected chi connectivity index (χ4v) is 4.27. The van der Waals surface area contributed by atoms with Gasteiger partial charge in [0, 0.05) is 5.02 Å². The molecule has 0 amide bonds. The van der Waals surface area contributed by atoms with Gasteiger partial charge in [-0.05, 0) is 49.2 Å². The summed E-state index contributed by atoms with van der Waals surface area (Å²) < 4.78 is 31.7. The van der Waals surface area contributed by atoms with Gasteiger partial charge in [0.1, 0.15) is 12.4 Å². The van der Waals surface area contributed by atoms with Crippen molar-refractivity contribution < 1.29 is 13.3 Å². The highest BCUT2D eigenvalue weighted by atomic mass is 35.5. The Hall–Kier alpha value is -2.81. The van der Waals surface area contributed by atoms with Crippen molar-refractivity contribution >= 4 is 38.5 Å². The molecule has 4 rings (SSSR count). The van der Waals surface area contributed by atoms with Crippen LogP contribution in [0.25, 0.3) is 16.9 Å². The monoisotopic (exact) mass is 456 g/mol. The minimum absolute atomic E-state index is 0.0949. The molecule has 160 valence electrons. The van der Waals surface area contributed by atoms with Gasteiger partial charge >= 0.3 is 0 Å². The van der Waals surface area contributed by atoms with E-state index in [-0.39, 0.29) is 10.7 Å². The number of hydrogen-bond donors (Lipinski definition) is 1. The number of hydrogen-bond acceptors (Lipinski definition) is 4. The summed E-state index contributed by atoms with van der Waals surface area (Å²) in [5.74, 6) is 0.487. The van der Waals surface area contributed by atoms with Crippen molar-refractivity contribution in [3.8, 4) is 5.82 Å². The standard InChI is InChI=1S/C22H22ClN5O2S/c1-2-3-6-13-27-14-15-28(16-27)22-21(24-19-7-4-5-8-20(19)25-22)26-31(29,30)18-11-9-17(23)10-12-18/h4-5,7-12,14-16H,2-3,6,13H2,1H3/p+1. The molecule has 2 heterocycles. The number of nitrogens with zero attached hydrogens (tertiary/aromatic N) is 5. The van der Waals surface area contributed by atoms with E-state index in [1.54, 1.807) is 22.8 Å². The molecule has 0 aliphatic heterocycles. The summed E-state index contributed by atoms with van der Waals surface area (Å²) >= 11 is 5.91. The predicted octanol–water partition coefficient (Wildman–Crippen LogP) is 5.18. The van der Waals surface area contributed by atoms with Gasteiger partial charge in [0.15, 0.2) is 10.0 Å². The van der Waals surface area contributed by atoms with E-state index in [1.807, 2.05) is 36.9 Å². The maximum atomic E-state index is 13.0. The number of imidazole rings is 1. The fourth-order valence-electron chi connectivity index (χ4n) is 3.19. The number of unbranched alkanes of at least 4 members (excludes halogenated alkanes) is 2. The van der Waals surface area contributed by atoms with Crippen LogP contribution >= 0.6 is 11.6 Å². The first kappa shape index (κ1) is 21.4. The van der Waals surface area contributed by atoms with E-state index in [0.717, 1.165) is 25.8 Å². The van der Waals surface area contributed by atoms with Crippen molar-refractivity contribution in [3.05, 3.63) is 72.3 Å². The first-order valence-electron chi connectivity index (χ1n) is 10.1. The Morgan fingerprint density at radius 3 is 2.52 bits per heavy atom. The summed E-state index contributed by atoms with van der Waals surface area (Å²) in [5.41, 5.74) is 1.28. The van der Waals surface area contributed by atoms with Crippen molar-refractivity contribution in [2.45, 2.75) is 37.6 Å². The minimum Gasteiger partial charge on any atom is -0.296 e. The SMILES string of the molecule is CCCCC[n+]1ccn(-c2nc3ccccc3nc2N=S(=O)(O)c2ccc(Cl)cc2)c1. The number of para-hydroxylation sites is 2. The molecule has 0 spiro atoms. The Morgan fingerprint density at radius 2 is 1.81 bits per heavy atom. The van der Waals surface area contributed by atoms with Crippen LogP contribution in [0.15, 0.2) is 76.5 Å². The zero-order valence-electron chi connectivity index (χ0n) is 17.1. The van der Waals surface area contributed by atoms with Crippen molar-refractivity contribution in [3.63, 3.8) is 0 Å². The maximum Gasteiger partial charge on any atom is 0.272 e.